The van der Waals surface area contributed by atoms with E-state index in [-0.39, 0.29) is 5.82 Å². The van der Waals surface area contributed by atoms with E-state index in [1.165, 1.54) is 12.1 Å². The maximum absolute atomic E-state index is 13.4. The van der Waals surface area contributed by atoms with E-state index >= 15 is 0 Å². The van der Waals surface area contributed by atoms with Gasteiger partial charge < -0.3 is 10.1 Å². The third-order valence-electron chi connectivity index (χ3n) is 2.58. The van der Waals surface area contributed by atoms with Crippen LogP contribution in [0.5, 0.6) is 0 Å². The lowest BCUT2D eigenvalue weighted by atomic mass is 10.3. The highest BCUT2D eigenvalue weighted by Gasteiger charge is 2.10. The highest BCUT2D eigenvalue weighted by Crippen LogP contribution is 2.25. The molecule has 19 heavy (non-hydrogen) atoms. The molecule has 0 atom stereocenters. The second kappa shape index (κ2) is 6.16. The molecular formula is C13H15BrFN3O. The Morgan fingerprint density at radius 3 is 3.00 bits per heavy atom. The summed E-state index contributed by atoms with van der Waals surface area (Å²) in [6.07, 6.45) is 1.86. The van der Waals surface area contributed by atoms with Crippen LogP contribution in [0, 0.1) is 12.7 Å². The molecule has 0 aliphatic heterocycles. The molecule has 0 bridgehead atoms. The van der Waals surface area contributed by atoms with Gasteiger partial charge in [0.05, 0.1) is 18.0 Å². The highest BCUT2D eigenvalue weighted by atomic mass is 79.9. The van der Waals surface area contributed by atoms with Crippen LogP contribution in [0.2, 0.25) is 0 Å². The molecule has 0 saturated carbocycles. The van der Waals surface area contributed by atoms with Gasteiger partial charge in [-0.2, -0.15) is 0 Å². The lowest BCUT2D eigenvalue weighted by molar-refractivity contribution is 0.210. The first-order valence-corrected chi connectivity index (χ1v) is 6.65. The molecule has 0 fully saturated rings. The number of aryl methyl sites for hydroxylation is 1. The van der Waals surface area contributed by atoms with Crippen LogP contribution in [0.3, 0.4) is 0 Å². The highest BCUT2D eigenvalue weighted by molar-refractivity contribution is 9.10. The van der Waals surface area contributed by atoms with Crippen LogP contribution in [0.1, 0.15) is 5.69 Å². The van der Waals surface area contributed by atoms with E-state index in [2.05, 4.69) is 26.2 Å². The minimum atomic E-state index is -0.285. The van der Waals surface area contributed by atoms with E-state index in [0.717, 1.165) is 10.2 Å². The van der Waals surface area contributed by atoms with Crippen LogP contribution < -0.4 is 5.32 Å². The lowest BCUT2D eigenvalue weighted by Crippen LogP contribution is -2.11. The number of anilines is 1. The largest absolute Gasteiger partial charge is 0.383 e. The Bertz CT molecular complexity index is 571. The van der Waals surface area contributed by atoms with Gasteiger partial charge in [-0.3, -0.25) is 4.57 Å². The van der Waals surface area contributed by atoms with Gasteiger partial charge in [0.1, 0.15) is 5.82 Å². The Kier molecular flexibility index (Phi) is 4.55. The molecule has 1 heterocycles. The summed E-state index contributed by atoms with van der Waals surface area (Å²) >= 11 is 3.42. The molecule has 0 amide bonds. The Hall–Kier alpha value is -1.40. The van der Waals surface area contributed by atoms with Gasteiger partial charge in [0.15, 0.2) is 0 Å². The van der Waals surface area contributed by atoms with Crippen molar-refractivity contribution in [3.05, 3.63) is 40.4 Å². The average molecular weight is 328 g/mol. The zero-order chi connectivity index (χ0) is 13.8. The van der Waals surface area contributed by atoms with Crippen LogP contribution in [-0.4, -0.2) is 29.8 Å². The molecule has 0 spiro atoms. The molecule has 4 nitrogen and oxygen atoms in total. The molecule has 0 saturated heterocycles. The van der Waals surface area contributed by atoms with Crippen LogP contribution in [0.25, 0.3) is 5.69 Å². The molecule has 0 aliphatic carbocycles. The van der Waals surface area contributed by atoms with E-state index in [4.69, 9.17) is 4.74 Å². The van der Waals surface area contributed by atoms with Gasteiger partial charge in [0.2, 0.25) is 5.95 Å². The Balaban J connectivity index is 2.35. The topological polar surface area (TPSA) is 39.1 Å². The van der Waals surface area contributed by atoms with Crippen molar-refractivity contribution in [3.8, 4) is 5.69 Å². The van der Waals surface area contributed by atoms with Crippen molar-refractivity contribution in [3.63, 3.8) is 0 Å². The zero-order valence-electron chi connectivity index (χ0n) is 10.8. The van der Waals surface area contributed by atoms with Crippen molar-refractivity contribution in [1.82, 2.24) is 9.55 Å². The maximum atomic E-state index is 13.4. The maximum Gasteiger partial charge on any atom is 0.207 e. The second-order valence-corrected chi connectivity index (χ2v) is 4.95. The number of halogens is 2. The van der Waals surface area contributed by atoms with Gasteiger partial charge in [-0.25, -0.2) is 9.37 Å². The third-order valence-corrected chi connectivity index (χ3v) is 3.25. The molecule has 0 aliphatic rings. The number of nitrogens with one attached hydrogen (secondary N) is 1. The van der Waals surface area contributed by atoms with Gasteiger partial charge in [0, 0.05) is 24.3 Å². The SMILES string of the molecule is COCCNc1nc(C)cn1-c1cc(F)ccc1Br. The molecule has 1 N–H and O–H groups in total. The van der Waals surface area contributed by atoms with Gasteiger partial charge >= 0.3 is 0 Å². The predicted octanol–water partition coefficient (Wildman–Crippen LogP) is 3.14. The fraction of sp³-hybridized carbons (Fsp3) is 0.308. The van der Waals surface area contributed by atoms with Crippen molar-refractivity contribution >= 4 is 21.9 Å². The fourth-order valence-corrected chi connectivity index (χ4v) is 2.18. The summed E-state index contributed by atoms with van der Waals surface area (Å²) in [6, 6.07) is 4.56. The number of nitrogens with zero attached hydrogens (tertiary/aromatic N) is 2. The summed E-state index contributed by atoms with van der Waals surface area (Å²) < 4.78 is 21.0. The Labute approximate surface area is 119 Å². The normalized spacial score (nSPS) is 10.7. The monoisotopic (exact) mass is 327 g/mol. The summed E-state index contributed by atoms with van der Waals surface area (Å²) in [5.74, 6) is 0.383. The van der Waals surface area contributed by atoms with E-state index in [9.17, 15) is 4.39 Å². The van der Waals surface area contributed by atoms with Crippen LogP contribution in [0.15, 0.2) is 28.9 Å². The molecule has 1 aromatic carbocycles. The summed E-state index contributed by atoms with van der Waals surface area (Å²) in [6.45, 7) is 3.11. The van der Waals surface area contributed by atoms with Crippen molar-refractivity contribution in [2.45, 2.75) is 6.92 Å². The van der Waals surface area contributed by atoms with Crippen molar-refractivity contribution in [1.29, 1.82) is 0 Å². The van der Waals surface area contributed by atoms with Crippen molar-refractivity contribution in [2.75, 3.05) is 25.6 Å². The summed E-state index contributed by atoms with van der Waals surface area (Å²) in [4.78, 5) is 4.38. The minimum Gasteiger partial charge on any atom is -0.383 e. The smallest absolute Gasteiger partial charge is 0.207 e. The van der Waals surface area contributed by atoms with Crippen molar-refractivity contribution in [2.24, 2.45) is 0 Å². The predicted molar refractivity (Wildman–Crippen MR) is 76.3 cm³/mol. The number of ether oxygens (including phenoxy) is 1. The molecular weight excluding hydrogens is 313 g/mol. The third kappa shape index (κ3) is 3.33. The van der Waals surface area contributed by atoms with Crippen molar-refractivity contribution < 1.29 is 9.13 Å². The molecule has 102 valence electrons. The first kappa shape index (κ1) is 14.0. The molecule has 6 heteroatoms. The quantitative estimate of drug-likeness (QED) is 0.857. The van der Waals surface area contributed by atoms with Crippen LogP contribution in [-0.2, 0) is 4.74 Å². The lowest BCUT2D eigenvalue weighted by Gasteiger charge is -2.11. The molecule has 2 aromatic rings. The summed E-state index contributed by atoms with van der Waals surface area (Å²) in [5.41, 5.74) is 1.57. The number of hydrogen-bond acceptors (Lipinski definition) is 3. The van der Waals surface area contributed by atoms with Gasteiger partial charge in [-0.1, -0.05) is 0 Å². The van der Waals surface area contributed by atoms with E-state index in [1.54, 1.807) is 13.2 Å². The molecule has 2 rings (SSSR count). The Morgan fingerprint density at radius 2 is 2.26 bits per heavy atom. The summed E-state index contributed by atoms with van der Waals surface area (Å²) in [7, 11) is 1.64. The van der Waals surface area contributed by atoms with Crippen LogP contribution >= 0.6 is 15.9 Å². The molecule has 0 unspecified atom stereocenters. The molecule has 1 aromatic heterocycles. The Morgan fingerprint density at radius 1 is 1.47 bits per heavy atom. The fourth-order valence-electron chi connectivity index (χ4n) is 1.74. The minimum absolute atomic E-state index is 0.285. The number of methoxy groups -OCH3 is 1. The number of imidazole rings is 1. The van der Waals surface area contributed by atoms with E-state index in [0.29, 0.717) is 24.8 Å². The second-order valence-electron chi connectivity index (χ2n) is 4.09. The van der Waals surface area contributed by atoms with E-state index in [1.807, 2.05) is 17.7 Å². The number of aromatic nitrogens is 2. The number of hydrogen-bond donors (Lipinski definition) is 1. The van der Waals surface area contributed by atoms with E-state index < -0.39 is 0 Å². The van der Waals surface area contributed by atoms with Gasteiger partial charge in [-0.05, 0) is 41.1 Å². The number of benzene rings is 1. The van der Waals surface area contributed by atoms with Gasteiger partial charge in [-0.15, -0.1) is 0 Å². The standard InChI is InChI=1S/C13H15BrFN3O/c1-9-8-18(13(17-9)16-5-6-19-2)12-7-10(15)3-4-11(12)14/h3-4,7-8H,5-6H2,1-2H3,(H,16,17). The number of rotatable bonds is 5. The van der Waals surface area contributed by atoms with Crippen LogP contribution in [0.4, 0.5) is 10.3 Å². The first-order valence-electron chi connectivity index (χ1n) is 5.86. The summed E-state index contributed by atoms with van der Waals surface area (Å²) in [5, 5.41) is 3.16. The molecule has 0 radical (unpaired) electrons. The first-order chi connectivity index (χ1) is 9.11. The average Bonchev–Trinajstić information content (AvgIpc) is 2.74. The zero-order valence-corrected chi connectivity index (χ0v) is 12.4. The van der Waals surface area contributed by atoms with Gasteiger partial charge in [0.25, 0.3) is 0 Å².